The van der Waals surface area contributed by atoms with Crippen LogP contribution in [0.15, 0.2) is 0 Å². The molecule has 5 nitrogen and oxygen atoms in total. The normalized spacial score (nSPS) is 11.5. The lowest BCUT2D eigenvalue weighted by atomic mass is 10.5. The lowest BCUT2D eigenvalue weighted by molar-refractivity contribution is 0.175. The Morgan fingerprint density at radius 2 is 1.62 bits per heavy atom. The summed E-state index contributed by atoms with van der Waals surface area (Å²) in [5, 5.41) is 8.57. The summed E-state index contributed by atoms with van der Waals surface area (Å²) < 4.78 is 20.7. The molecule has 0 radical (unpaired) electrons. The third kappa shape index (κ3) is 4.41. The molecule has 0 fully saturated rings. The second-order valence-corrected chi connectivity index (χ2v) is 4.34. The second kappa shape index (κ2) is 6.13. The van der Waals surface area contributed by atoms with Gasteiger partial charge in [-0.15, -0.1) is 0 Å². The van der Waals surface area contributed by atoms with Crippen molar-refractivity contribution >= 4 is 13.3 Å². The Bertz CT molecular complexity index is 191. The molecular weight excluding hydrogens is 195 g/mol. The van der Waals surface area contributed by atoms with Crippen LogP contribution >= 0.6 is 7.60 Å². The summed E-state index contributed by atoms with van der Waals surface area (Å²) in [6.45, 7) is 3.86. The van der Waals surface area contributed by atoms with Crippen molar-refractivity contribution in [1.82, 2.24) is 0 Å². The molecule has 0 aromatic rings. The minimum absolute atomic E-state index is 0.132. The van der Waals surface area contributed by atoms with E-state index in [0.29, 0.717) is 12.8 Å². The average molecular weight is 210 g/mol. The van der Waals surface area contributed by atoms with Crippen LogP contribution in [0.1, 0.15) is 26.7 Å². The molecule has 0 aliphatic heterocycles. The van der Waals surface area contributed by atoms with Crippen LogP contribution in [-0.2, 0) is 13.6 Å². The van der Waals surface area contributed by atoms with Gasteiger partial charge in [-0.1, -0.05) is 13.8 Å². The maximum absolute atomic E-state index is 11.4. The predicted molar refractivity (Wildman–Crippen MR) is 48.1 cm³/mol. The fourth-order valence-electron chi connectivity index (χ4n) is 0.571. The van der Waals surface area contributed by atoms with Crippen LogP contribution in [0, 0.1) is 0 Å². The molecule has 0 amide bonds. The van der Waals surface area contributed by atoms with Gasteiger partial charge in [0.15, 0.2) is 0 Å². The van der Waals surface area contributed by atoms with Crippen molar-refractivity contribution in [3.8, 4) is 0 Å². The highest BCUT2D eigenvalue weighted by Gasteiger charge is 2.34. The van der Waals surface area contributed by atoms with Gasteiger partial charge in [0.25, 0.3) is 0 Å². The SMILES string of the molecule is CCCOP(=O)(OCCC)C(=O)O. The average Bonchev–Trinajstić information content (AvgIpc) is 2.11. The molecule has 0 aromatic carbocycles. The number of carboxylic acid groups (broad SMARTS) is 1. The van der Waals surface area contributed by atoms with E-state index in [2.05, 4.69) is 9.05 Å². The minimum atomic E-state index is -3.91. The molecule has 6 heteroatoms. The minimum Gasteiger partial charge on any atom is -0.472 e. The van der Waals surface area contributed by atoms with E-state index in [4.69, 9.17) is 5.11 Å². The summed E-state index contributed by atoms with van der Waals surface area (Å²) in [6, 6.07) is 0. The van der Waals surface area contributed by atoms with Crippen molar-refractivity contribution in [3.05, 3.63) is 0 Å². The van der Waals surface area contributed by atoms with Gasteiger partial charge in [-0.05, 0) is 12.8 Å². The summed E-state index contributed by atoms with van der Waals surface area (Å²) in [5.41, 5.74) is -1.52. The van der Waals surface area contributed by atoms with Crippen LogP contribution in [-0.4, -0.2) is 24.0 Å². The van der Waals surface area contributed by atoms with Gasteiger partial charge in [-0.3, -0.25) is 0 Å². The van der Waals surface area contributed by atoms with E-state index in [0.717, 1.165) is 0 Å². The van der Waals surface area contributed by atoms with Crippen molar-refractivity contribution < 1.29 is 23.5 Å². The van der Waals surface area contributed by atoms with Crippen LogP contribution in [0.4, 0.5) is 4.79 Å². The van der Waals surface area contributed by atoms with Crippen molar-refractivity contribution in [3.63, 3.8) is 0 Å². The van der Waals surface area contributed by atoms with Gasteiger partial charge < -0.3 is 14.2 Å². The first-order valence-corrected chi connectivity index (χ1v) is 5.73. The molecule has 0 saturated heterocycles. The topological polar surface area (TPSA) is 72.8 Å². The van der Waals surface area contributed by atoms with Crippen LogP contribution in [0.3, 0.4) is 0 Å². The molecule has 0 atom stereocenters. The highest BCUT2D eigenvalue weighted by atomic mass is 31.2. The van der Waals surface area contributed by atoms with Crippen LogP contribution in [0.25, 0.3) is 0 Å². The summed E-state index contributed by atoms with van der Waals surface area (Å²) in [7, 11) is -3.91. The lowest BCUT2D eigenvalue weighted by Crippen LogP contribution is -2.05. The van der Waals surface area contributed by atoms with E-state index < -0.39 is 13.3 Å². The molecule has 0 spiro atoms. The Kier molecular flexibility index (Phi) is 5.95. The molecular formula is C7H15O5P. The van der Waals surface area contributed by atoms with E-state index in [9.17, 15) is 9.36 Å². The quantitative estimate of drug-likeness (QED) is 0.654. The molecule has 13 heavy (non-hydrogen) atoms. The Morgan fingerprint density at radius 1 is 1.23 bits per heavy atom. The largest absolute Gasteiger partial charge is 0.472 e. The molecule has 0 saturated carbocycles. The van der Waals surface area contributed by atoms with Crippen molar-refractivity contribution in [2.45, 2.75) is 26.7 Å². The zero-order valence-electron chi connectivity index (χ0n) is 7.86. The summed E-state index contributed by atoms with van der Waals surface area (Å²) in [4.78, 5) is 10.5. The fraction of sp³-hybridized carbons (Fsp3) is 0.857. The smallest absolute Gasteiger partial charge is 0.438 e. The summed E-state index contributed by atoms with van der Waals surface area (Å²) >= 11 is 0. The van der Waals surface area contributed by atoms with Crippen molar-refractivity contribution in [2.24, 2.45) is 0 Å². The first kappa shape index (κ1) is 12.6. The molecule has 0 aliphatic rings. The molecule has 78 valence electrons. The van der Waals surface area contributed by atoms with Crippen LogP contribution in [0.5, 0.6) is 0 Å². The van der Waals surface area contributed by atoms with Gasteiger partial charge in [0.2, 0.25) is 0 Å². The maximum atomic E-state index is 11.4. The maximum Gasteiger partial charge on any atom is 0.438 e. The van der Waals surface area contributed by atoms with Crippen LogP contribution < -0.4 is 0 Å². The Balaban J connectivity index is 4.18. The Labute approximate surface area is 77.6 Å². The van der Waals surface area contributed by atoms with Crippen molar-refractivity contribution in [2.75, 3.05) is 13.2 Å². The number of carbonyl (C=O) groups is 1. The summed E-state index contributed by atoms with van der Waals surface area (Å²) in [5.74, 6) is 0. The first-order valence-electron chi connectivity index (χ1n) is 4.19. The lowest BCUT2D eigenvalue weighted by Gasteiger charge is -2.12. The van der Waals surface area contributed by atoms with E-state index in [1.165, 1.54) is 0 Å². The highest BCUT2D eigenvalue weighted by molar-refractivity contribution is 7.71. The fourth-order valence-corrected chi connectivity index (χ4v) is 1.71. The van der Waals surface area contributed by atoms with Gasteiger partial charge in [0.05, 0.1) is 13.2 Å². The molecule has 0 heterocycles. The van der Waals surface area contributed by atoms with Gasteiger partial charge >= 0.3 is 13.3 Å². The Hall–Kier alpha value is -0.380. The van der Waals surface area contributed by atoms with E-state index in [-0.39, 0.29) is 13.2 Å². The zero-order valence-corrected chi connectivity index (χ0v) is 8.75. The van der Waals surface area contributed by atoms with Crippen LogP contribution in [0.2, 0.25) is 0 Å². The molecule has 0 aliphatic carbocycles. The zero-order chi connectivity index (χ0) is 10.3. The molecule has 1 N–H and O–H groups in total. The Morgan fingerprint density at radius 3 is 1.85 bits per heavy atom. The molecule has 0 aromatic heterocycles. The van der Waals surface area contributed by atoms with E-state index in [1.54, 1.807) is 13.8 Å². The standard InChI is InChI=1S/C7H15O5P/c1-3-5-11-13(10,7(8)9)12-6-4-2/h3-6H2,1-2H3,(H,8,9). The third-order valence-corrected chi connectivity index (χ3v) is 2.68. The molecule has 0 rings (SSSR count). The van der Waals surface area contributed by atoms with Gasteiger partial charge in [0.1, 0.15) is 0 Å². The van der Waals surface area contributed by atoms with Gasteiger partial charge in [0, 0.05) is 0 Å². The highest BCUT2D eigenvalue weighted by Crippen LogP contribution is 2.48. The van der Waals surface area contributed by atoms with Gasteiger partial charge in [-0.25, -0.2) is 9.36 Å². The first-order chi connectivity index (χ1) is 6.06. The van der Waals surface area contributed by atoms with E-state index >= 15 is 0 Å². The molecule has 0 unspecified atom stereocenters. The summed E-state index contributed by atoms with van der Waals surface area (Å²) in [6.07, 6.45) is 1.21. The number of hydrogen-bond acceptors (Lipinski definition) is 4. The van der Waals surface area contributed by atoms with E-state index in [1.807, 2.05) is 0 Å². The second-order valence-electron chi connectivity index (χ2n) is 2.45. The monoisotopic (exact) mass is 210 g/mol. The van der Waals surface area contributed by atoms with Crippen molar-refractivity contribution in [1.29, 1.82) is 0 Å². The number of rotatable bonds is 7. The third-order valence-electron chi connectivity index (χ3n) is 1.17. The van der Waals surface area contributed by atoms with Gasteiger partial charge in [-0.2, -0.15) is 0 Å². The number of hydrogen-bond donors (Lipinski definition) is 1. The predicted octanol–water partition coefficient (Wildman–Crippen LogP) is 2.71. The molecule has 0 bridgehead atoms.